The fourth-order valence-electron chi connectivity index (χ4n) is 3.44. The molecule has 0 saturated carbocycles. The zero-order valence-electron chi connectivity index (χ0n) is 18.6. The summed E-state index contributed by atoms with van der Waals surface area (Å²) in [5.74, 6) is 0.427. The number of benzene rings is 2. The fraction of sp³-hybridized carbons (Fsp3) is 0.429. The number of halogens is 3. The summed E-state index contributed by atoms with van der Waals surface area (Å²) in [5.41, 5.74) is -5.96. The van der Waals surface area contributed by atoms with Gasteiger partial charge in [-0.05, 0) is 36.8 Å². The lowest BCUT2D eigenvalue weighted by molar-refractivity contribution is -0.0435. The number of nitrogens with two attached hydrogens (primary N) is 1. The molecule has 1 atom stereocenters. The van der Waals surface area contributed by atoms with Crippen LogP contribution >= 0.6 is 11.8 Å². The van der Waals surface area contributed by atoms with Gasteiger partial charge in [0.1, 0.15) is 4.90 Å². The Bertz CT molecular complexity index is 1200. The summed E-state index contributed by atoms with van der Waals surface area (Å²) in [6.07, 6.45) is 0.502. The molecule has 1 aliphatic rings. The van der Waals surface area contributed by atoms with Crippen molar-refractivity contribution >= 4 is 37.3 Å². The summed E-state index contributed by atoms with van der Waals surface area (Å²) < 4.78 is 93.5. The monoisotopic (exact) mass is 553 g/mol. The van der Waals surface area contributed by atoms with E-state index in [4.69, 9.17) is 9.88 Å². The second-order valence-corrected chi connectivity index (χ2v) is 12.4. The molecule has 1 saturated heterocycles. The van der Waals surface area contributed by atoms with Crippen molar-refractivity contribution in [2.45, 2.75) is 32.7 Å². The van der Waals surface area contributed by atoms with Gasteiger partial charge in [-0.25, -0.2) is 22.0 Å². The van der Waals surface area contributed by atoms with E-state index in [2.05, 4.69) is 10.2 Å². The number of sulfonamides is 1. The third-order valence-electron chi connectivity index (χ3n) is 5.33. The first-order valence-corrected chi connectivity index (χ1v) is 14.6. The topological polar surface area (TPSA) is 119 Å². The number of morpholine rings is 1. The maximum Gasteiger partial charge on any atom is 0.501 e. The highest BCUT2D eigenvalue weighted by Crippen LogP contribution is 2.36. The van der Waals surface area contributed by atoms with Crippen LogP contribution in [-0.4, -0.2) is 71.9 Å². The average molecular weight is 554 g/mol. The Labute approximate surface area is 207 Å². The van der Waals surface area contributed by atoms with Gasteiger partial charge in [0.15, 0.2) is 0 Å². The normalized spacial score (nSPS) is 16.7. The van der Waals surface area contributed by atoms with Crippen molar-refractivity contribution in [1.29, 1.82) is 0 Å². The van der Waals surface area contributed by atoms with Crippen LogP contribution in [0.15, 0.2) is 63.2 Å². The minimum absolute atomic E-state index is 0.338. The number of thioether (sulfide) groups is 1. The lowest BCUT2D eigenvalue weighted by Crippen LogP contribution is -2.39. The van der Waals surface area contributed by atoms with Crippen LogP contribution in [0.25, 0.3) is 0 Å². The van der Waals surface area contributed by atoms with Gasteiger partial charge in [-0.2, -0.15) is 13.2 Å². The predicted octanol–water partition coefficient (Wildman–Crippen LogP) is 2.92. The van der Waals surface area contributed by atoms with Gasteiger partial charge < -0.3 is 10.1 Å². The Morgan fingerprint density at radius 3 is 2.31 bits per heavy atom. The molecule has 14 heteroatoms. The van der Waals surface area contributed by atoms with E-state index in [-0.39, 0.29) is 5.69 Å². The molecule has 0 amide bonds. The van der Waals surface area contributed by atoms with E-state index in [0.29, 0.717) is 38.0 Å². The summed E-state index contributed by atoms with van der Waals surface area (Å²) in [7, 11) is -10.3. The number of anilines is 1. The number of sulfone groups is 1. The minimum Gasteiger partial charge on any atom is -0.380 e. The van der Waals surface area contributed by atoms with Crippen LogP contribution in [0.2, 0.25) is 0 Å². The number of hydrogen-bond acceptors (Lipinski definition) is 8. The number of ether oxygens (including phenoxy) is 1. The smallest absolute Gasteiger partial charge is 0.380 e. The van der Waals surface area contributed by atoms with E-state index in [1.54, 1.807) is 0 Å². The second-order valence-electron chi connectivity index (χ2n) is 7.86. The van der Waals surface area contributed by atoms with Crippen molar-refractivity contribution in [3.8, 4) is 0 Å². The SMILES string of the molecule is NS(=O)(=O)c1ccc(N[C@@H](CCN2CCOCC2)CSc2ccccc2)c(S(=O)(=O)C(F)(F)F)c1. The van der Waals surface area contributed by atoms with Gasteiger partial charge in [0, 0.05) is 36.3 Å². The lowest BCUT2D eigenvalue weighted by Gasteiger charge is -2.29. The van der Waals surface area contributed by atoms with Crippen molar-refractivity contribution in [3.63, 3.8) is 0 Å². The number of primary sulfonamides is 1. The van der Waals surface area contributed by atoms with E-state index < -0.39 is 41.2 Å². The first-order chi connectivity index (χ1) is 16.4. The lowest BCUT2D eigenvalue weighted by atomic mass is 10.2. The van der Waals surface area contributed by atoms with Gasteiger partial charge in [-0.15, -0.1) is 11.8 Å². The molecule has 2 aromatic carbocycles. The van der Waals surface area contributed by atoms with Gasteiger partial charge in [-0.3, -0.25) is 4.90 Å². The molecule has 1 heterocycles. The molecule has 0 unspecified atom stereocenters. The molecule has 1 aliphatic heterocycles. The molecule has 3 rings (SSSR count). The van der Waals surface area contributed by atoms with Crippen molar-refractivity contribution < 1.29 is 34.7 Å². The summed E-state index contributed by atoms with van der Waals surface area (Å²) >= 11 is 1.47. The number of hydrogen-bond donors (Lipinski definition) is 2. The van der Waals surface area contributed by atoms with Gasteiger partial charge in [0.25, 0.3) is 9.84 Å². The van der Waals surface area contributed by atoms with Crippen LogP contribution in [0, 0.1) is 0 Å². The average Bonchev–Trinajstić information content (AvgIpc) is 2.81. The first-order valence-electron chi connectivity index (χ1n) is 10.6. The number of nitrogens with zero attached hydrogens (tertiary/aromatic N) is 1. The largest absolute Gasteiger partial charge is 0.501 e. The van der Waals surface area contributed by atoms with Crippen LogP contribution < -0.4 is 10.5 Å². The molecule has 0 aliphatic carbocycles. The summed E-state index contributed by atoms with van der Waals surface area (Å²) in [4.78, 5) is 1.19. The zero-order chi connectivity index (χ0) is 25.7. The standard InChI is InChI=1S/C21H26F3N3O5S3/c22-21(23,24)34(28,29)20-14-18(35(25,30)31)6-7-19(20)26-16(8-9-27-10-12-32-13-11-27)15-33-17-4-2-1-3-5-17/h1-7,14,16,26H,8-13,15H2,(H2,25,30,31)/t16-/m0/s1. The molecular formula is C21H26F3N3O5S3. The van der Waals surface area contributed by atoms with E-state index >= 15 is 0 Å². The highest BCUT2D eigenvalue weighted by Gasteiger charge is 2.48. The van der Waals surface area contributed by atoms with Gasteiger partial charge in [-0.1, -0.05) is 18.2 Å². The quantitative estimate of drug-likeness (QED) is 0.431. The van der Waals surface area contributed by atoms with E-state index in [1.165, 1.54) is 11.8 Å². The van der Waals surface area contributed by atoms with Crippen molar-refractivity contribution in [3.05, 3.63) is 48.5 Å². The molecule has 3 N–H and O–H groups in total. The summed E-state index contributed by atoms with van der Waals surface area (Å²) in [6, 6.07) is 11.4. The molecule has 0 bridgehead atoms. The maximum atomic E-state index is 13.4. The Kier molecular flexibility index (Phi) is 9.10. The third-order valence-corrected chi connectivity index (χ3v) is 8.94. The number of nitrogens with one attached hydrogen (secondary N) is 1. The maximum absolute atomic E-state index is 13.4. The molecule has 35 heavy (non-hydrogen) atoms. The molecule has 0 aromatic heterocycles. The summed E-state index contributed by atoms with van der Waals surface area (Å²) in [6.45, 7) is 3.22. The van der Waals surface area contributed by atoms with Gasteiger partial charge >= 0.3 is 5.51 Å². The Morgan fingerprint density at radius 2 is 1.71 bits per heavy atom. The molecular weight excluding hydrogens is 527 g/mol. The Morgan fingerprint density at radius 1 is 1.06 bits per heavy atom. The Balaban J connectivity index is 1.91. The fourth-order valence-corrected chi connectivity index (χ4v) is 6.00. The van der Waals surface area contributed by atoms with E-state index in [9.17, 15) is 30.0 Å². The van der Waals surface area contributed by atoms with Crippen LogP contribution in [0.1, 0.15) is 6.42 Å². The molecule has 8 nitrogen and oxygen atoms in total. The zero-order valence-corrected chi connectivity index (χ0v) is 21.0. The summed E-state index contributed by atoms with van der Waals surface area (Å²) in [5, 5.41) is 7.95. The number of alkyl halides is 3. The van der Waals surface area contributed by atoms with Crippen LogP contribution in [-0.2, 0) is 24.6 Å². The highest BCUT2D eigenvalue weighted by molar-refractivity contribution is 7.99. The molecule has 0 radical (unpaired) electrons. The van der Waals surface area contributed by atoms with Crippen molar-refractivity contribution in [1.82, 2.24) is 4.90 Å². The minimum atomic E-state index is -5.85. The Hall–Kier alpha value is -1.84. The highest BCUT2D eigenvalue weighted by atomic mass is 32.2. The van der Waals surface area contributed by atoms with Crippen LogP contribution in [0.3, 0.4) is 0 Å². The molecule has 2 aromatic rings. The van der Waals surface area contributed by atoms with Crippen molar-refractivity contribution in [2.75, 3.05) is 43.9 Å². The van der Waals surface area contributed by atoms with Crippen molar-refractivity contribution in [2.24, 2.45) is 5.14 Å². The van der Waals surface area contributed by atoms with Crippen LogP contribution in [0.5, 0.6) is 0 Å². The van der Waals surface area contributed by atoms with Gasteiger partial charge in [0.05, 0.1) is 23.8 Å². The first kappa shape index (κ1) is 27.7. The van der Waals surface area contributed by atoms with Gasteiger partial charge in [0.2, 0.25) is 10.0 Å². The number of rotatable bonds is 10. The van der Waals surface area contributed by atoms with E-state index in [1.807, 2.05) is 30.3 Å². The predicted molar refractivity (Wildman–Crippen MR) is 128 cm³/mol. The second kappa shape index (κ2) is 11.5. The molecule has 0 spiro atoms. The molecule has 1 fully saturated rings. The van der Waals surface area contributed by atoms with E-state index in [0.717, 1.165) is 30.1 Å². The third kappa shape index (κ3) is 7.57. The van der Waals surface area contributed by atoms with Crippen LogP contribution in [0.4, 0.5) is 18.9 Å². The molecule has 194 valence electrons.